The number of carbonyl (C=O) groups is 2. The Kier molecular flexibility index (Phi) is 4.88. The van der Waals surface area contributed by atoms with Crippen LogP contribution < -0.4 is 0 Å². The second-order valence-electron chi connectivity index (χ2n) is 4.55. The number of carboxylic acids is 1. The number of hydrogen-bond acceptors (Lipinski definition) is 3. The third-order valence-electron chi connectivity index (χ3n) is 2.95. The highest BCUT2D eigenvalue weighted by atomic mass is 16.4. The number of rotatable bonds is 5. The lowest BCUT2D eigenvalue weighted by Gasteiger charge is -1.99. The molecule has 22 heavy (non-hydrogen) atoms. The molecule has 0 heterocycles. The number of phenolic OH excluding ortho intramolecular Hbond substituents is 1. The smallest absolute Gasteiger partial charge is 0.328 e. The first kappa shape index (κ1) is 15.3. The molecule has 4 nitrogen and oxygen atoms in total. The molecule has 0 bridgehead atoms. The van der Waals surface area contributed by atoms with Gasteiger partial charge in [0.25, 0.3) is 0 Å². The summed E-state index contributed by atoms with van der Waals surface area (Å²) in [5.74, 6) is -1.34. The van der Waals surface area contributed by atoms with Crippen LogP contribution in [0, 0.1) is 0 Å². The Morgan fingerprint density at radius 3 is 1.91 bits per heavy atom. The van der Waals surface area contributed by atoms with Crippen molar-refractivity contribution in [3.05, 3.63) is 77.4 Å². The molecule has 0 unspecified atom stereocenters. The van der Waals surface area contributed by atoms with E-state index >= 15 is 0 Å². The first-order valence-corrected chi connectivity index (χ1v) is 6.58. The van der Waals surface area contributed by atoms with Crippen molar-refractivity contribution < 1.29 is 19.8 Å². The molecule has 0 fully saturated rings. The number of aromatic hydroxyl groups is 1. The molecule has 0 aliphatic rings. The summed E-state index contributed by atoms with van der Waals surface area (Å²) in [6.07, 6.45) is 5.58. The fourth-order valence-corrected chi connectivity index (χ4v) is 1.83. The van der Waals surface area contributed by atoms with Gasteiger partial charge in [0.05, 0.1) is 5.56 Å². The Morgan fingerprint density at radius 2 is 1.36 bits per heavy atom. The molecule has 4 heteroatoms. The summed E-state index contributed by atoms with van der Waals surface area (Å²) in [4.78, 5) is 22.4. The van der Waals surface area contributed by atoms with Gasteiger partial charge < -0.3 is 10.2 Å². The molecule has 2 rings (SSSR count). The second kappa shape index (κ2) is 7.04. The van der Waals surface area contributed by atoms with Gasteiger partial charge in [-0.15, -0.1) is 0 Å². The number of benzene rings is 2. The predicted molar refractivity (Wildman–Crippen MR) is 84.6 cm³/mol. The van der Waals surface area contributed by atoms with Crippen molar-refractivity contribution >= 4 is 23.9 Å². The van der Waals surface area contributed by atoms with Crippen LogP contribution in [0.25, 0.3) is 12.2 Å². The van der Waals surface area contributed by atoms with Gasteiger partial charge in [-0.1, -0.05) is 42.5 Å². The van der Waals surface area contributed by atoms with E-state index in [0.29, 0.717) is 0 Å². The number of carboxylic acid groups (broad SMARTS) is 1. The molecule has 2 N–H and O–H groups in total. The molecule has 110 valence electrons. The largest absolute Gasteiger partial charge is 0.507 e. The van der Waals surface area contributed by atoms with Crippen LogP contribution in [-0.2, 0) is 4.79 Å². The summed E-state index contributed by atoms with van der Waals surface area (Å²) >= 11 is 0. The lowest BCUT2D eigenvalue weighted by molar-refractivity contribution is -0.131. The molecule has 0 radical (unpaired) electrons. The maximum absolute atomic E-state index is 12.0. The molecule has 0 saturated heterocycles. The van der Waals surface area contributed by atoms with E-state index < -0.39 is 5.97 Å². The Hall–Kier alpha value is -3.14. The highest BCUT2D eigenvalue weighted by Gasteiger charge is 2.06. The molecule has 0 aliphatic carbocycles. The summed E-state index contributed by atoms with van der Waals surface area (Å²) < 4.78 is 0. The average Bonchev–Trinajstić information content (AvgIpc) is 2.52. The van der Waals surface area contributed by atoms with Gasteiger partial charge in [-0.25, -0.2) is 4.79 Å². The molecular formula is C18H14O4. The van der Waals surface area contributed by atoms with E-state index in [0.717, 1.165) is 17.2 Å². The highest BCUT2D eigenvalue weighted by Crippen LogP contribution is 2.17. The predicted octanol–water partition coefficient (Wildman–Crippen LogP) is 3.39. The van der Waals surface area contributed by atoms with Gasteiger partial charge in [-0.3, -0.25) is 4.79 Å². The van der Waals surface area contributed by atoms with E-state index in [1.807, 2.05) is 0 Å². The van der Waals surface area contributed by atoms with Gasteiger partial charge in [0.1, 0.15) is 5.75 Å². The lowest BCUT2D eigenvalue weighted by atomic mass is 10.1. The molecular weight excluding hydrogens is 280 g/mol. The zero-order valence-corrected chi connectivity index (χ0v) is 11.6. The summed E-state index contributed by atoms with van der Waals surface area (Å²) in [6.45, 7) is 0. The summed E-state index contributed by atoms with van der Waals surface area (Å²) in [6, 6.07) is 13.4. The Bertz CT molecular complexity index is 740. The summed E-state index contributed by atoms with van der Waals surface area (Å²) in [7, 11) is 0. The Labute approximate surface area is 127 Å². The molecule has 0 aliphatic heterocycles. The van der Waals surface area contributed by atoms with Crippen LogP contribution in [0.1, 0.15) is 21.5 Å². The third-order valence-corrected chi connectivity index (χ3v) is 2.95. The zero-order chi connectivity index (χ0) is 15.9. The normalized spacial score (nSPS) is 11.1. The SMILES string of the molecule is O=C(O)/C=C/c1ccc(/C=C/C(=O)c2ccccc2O)cc1. The number of aliphatic carboxylic acids is 1. The summed E-state index contributed by atoms with van der Waals surface area (Å²) in [5.41, 5.74) is 1.81. The first-order chi connectivity index (χ1) is 10.6. The minimum atomic E-state index is -1.00. The molecule has 0 atom stereocenters. The molecule has 2 aromatic carbocycles. The maximum atomic E-state index is 12.0. The van der Waals surface area contributed by atoms with E-state index in [1.54, 1.807) is 48.5 Å². The molecule has 0 amide bonds. The standard InChI is InChI=1S/C18H14O4/c19-16-4-2-1-3-15(16)17(20)11-9-13-5-7-14(8-6-13)10-12-18(21)22/h1-12,19H,(H,21,22)/b11-9+,12-10+. The second-order valence-corrected chi connectivity index (χ2v) is 4.55. The topological polar surface area (TPSA) is 74.6 Å². The molecule has 0 saturated carbocycles. The third kappa shape index (κ3) is 4.18. The lowest BCUT2D eigenvalue weighted by Crippen LogP contribution is -1.94. The van der Waals surface area contributed by atoms with Crippen molar-refractivity contribution in [2.24, 2.45) is 0 Å². The number of carbonyl (C=O) groups excluding carboxylic acids is 1. The van der Waals surface area contributed by atoms with Gasteiger partial charge in [-0.2, -0.15) is 0 Å². The van der Waals surface area contributed by atoms with Crippen molar-refractivity contribution in [2.75, 3.05) is 0 Å². The Morgan fingerprint density at radius 1 is 0.818 bits per heavy atom. The van der Waals surface area contributed by atoms with Crippen LogP contribution in [-0.4, -0.2) is 22.0 Å². The first-order valence-electron chi connectivity index (χ1n) is 6.58. The van der Waals surface area contributed by atoms with Gasteiger partial charge in [0, 0.05) is 6.08 Å². The van der Waals surface area contributed by atoms with Gasteiger partial charge in [0.15, 0.2) is 5.78 Å². The highest BCUT2D eigenvalue weighted by molar-refractivity contribution is 6.08. The van der Waals surface area contributed by atoms with Crippen molar-refractivity contribution in [1.82, 2.24) is 0 Å². The number of ketones is 1. The Balaban J connectivity index is 2.09. The van der Waals surface area contributed by atoms with Crippen molar-refractivity contribution in [2.45, 2.75) is 0 Å². The fourth-order valence-electron chi connectivity index (χ4n) is 1.83. The van der Waals surface area contributed by atoms with Crippen LogP contribution in [0.2, 0.25) is 0 Å². The van der Waals surface area contributed by atoms with E-state index in [9.17, 15) is 14.7 Å². The molecule has 0 spiro atoms. The van der Waals surface area contributed by atoms with Crippen LogP contribution in [0.5, 0.6) is 5.75 Å². The van der Waals surface area contributed by atoms with E-state index in [4.69, 9.17) is 5.11 Å². The molecule has 0 aromatic heterocycles. The van der Waals surface area contributed by atoms with E-state index in [1.165, 1.54) is 18.2 Å². The molecule has 2 aromatic rings. The van der Waals surface area contributed by atoms with Crippen LogP contribution in [0.15, 0.2) is 60.7 Å². The maximum Gasteiger partial charge on any atom is 0.328 e. The quantitative estimate of drug-likeness (QED) is 0.655. The monoisotopic (exact) mass is 294 g/mol. The van der Waals surface area contributed by atoms with Crippen molar-refractivity contribution in [3.63, 3.8) is 0 Å². The van der Waals surface area contributed by atoms with Crippen LogP contribution in [0.3, 0.4) is 0 Å². The number of allylic oxidation sites excluding steroid dienone is 1. The number of phenols is 1. The van der Waals surface area contributed by atoms with Gasteiger partial charge in [-0.05, 0) is 35.4 Å². The van der Waals surface area contributed by atoms with Gasteiger partial charge in [0.2, 0.25) is 0 Å². The van der Waals surface area contributed by atoms with Crippen molar-refractivity contribution in [3.8, 4) is 5.75 Å². The van der Waals surface area contributed by atoms with Gasteiger partial charge >= 0.3 is 5.97 Å². The van der Waals surface area contributed by atoms with E-state index in [2.05, 4.69) is 0 Å². The fraction of sp³-hybridized carbons (Fsp3) is 0. The number of para-hydroxylation sites is 1. The van der Waals surface area contributed by atoms with Crippen molar-refractivity contribution in [1.29, 1.82) is 0 Å². The van der Waals surface area contributed by atoms with Crippen LogP contribution >= 0.6 is 0 Å². The zero-order valence-electron chi connectivity index (χ0n) is 11.6. The van der Waals surface area contributed by atoms with Crippen LogP contribution in [0.4, 0.5) is 0 Å². The number of hydrogen-bond donors (Lipinski definition) is 2. The summed E-state index contributed by atoms with van der Waals surface area (Å²) in [5, 5.41) is 18.2. The van der Waals surface area contributed by atoms with E-state index in [-0.39, 0.29) is 17.1 Å². The minimum Gasteiger partial charge on any atom is -0.507 e. The minimum absolute atomic E-state index is 0.0497. The average molecular weight is 294 g/mol.